The topological polar surface area (TPSA) is 72.1 Å². The SMILES string of the molecule is COc1cccc(NC(N)=NCC2CN(C3CC3)CCO2)c1.I. The molecule has 0 radical (unpaired) electrons. The molecule has 0 aromatic heterocycles. The van der Waals surface area contributed by atoms with E-state index in [1.165, 1.54) is 12.8 Å². The minimum absolute atomic E-state index is 0. The number of hydrogen-bond donors (Lipinski definition) is 2. The van der Waals surface area contributed by atoms with E-state index >= 15 is 0 Å². The lowest BCUT2D eigenvalue weighted by atomic mass is 10.2. The molecular formula is C16H25IN4O2. The summed E-state index contributed by atoms with van der Waals surface area (Å²) in [5.41, 5.74) is 6.82. The number of benzene rings is 1. The Kier molecular flexibility index (Phi) is 6.91. The standard InChI is InChI=1S/C16H24N4O2.HI/c1-21-14-4-2-3-12(9-14)19-16(17)18-10-15-11-20(7-8-22-15)13-5-6-13;/h2-4,9,13,15H,5-8,10-11H2,1H3,(H3,17,18,19);1H. The van der Waals surface area contributed by atoms with Crippen LogP contribution < -0.4 is 15.8 Å². The summed E-state index contributed by atoms with van der Waals surface area (Å²) in [5.74, 6) is 1.19. The van der Waals surface area contributed by atoms with Crippen LogP contribution in [0.2, 0.25) is 0 Å². The number of morpholine rings is 1. The van der Waals surface area contributed by atoms with Crippen molar-refractivity contribution in [2.75, 3.05) is 38.7 Å². The number of anilines is 1. The van der Waals surface area contributed by atoms with E-state index in [0.29, 0.717) is 12.5 Å². The van der Waals surface area contributed by atoms with E-state index in [2.05, 4.69) is 15.2 Å². The Labute approximate surface area is 154 Å². The number of methoxy groups -OCH3 is 1. The number of hydrogen-bond acceptors (Lipinski definition) is 4. The van der Waals surface area contributed by atoms with Crippen LogP contribution in [0.4, 0.5) is 5.69 Å². The molecule has 7 heteroatoms. The van der Waals surface area contributed by atoms with Crippen molar-refractivity contribution in [1.29, 1.82) is 0 Å². The molecule has 1 unspecified atom stereocenters. The van der Waals surface area contributed by atoms with Gasteiger partial charge in [-0.1, -0.05) is 6.07 Å². The zero-order valence-electron chi connectivity index (χ0n) is 13.4. The predicted octanol–water partition coefficient (Wildman–Crippen LogP) is 1.90. The lowest BCUT2D eigenvalue weighted by Crippen LogP contribution is -2.45. The van der Waals surface area contributed by atoms with Crippen molar-refractivity contribution >= 4 is 35.6 Å². The third kappa shape index (κ3) is 5.50. The zero-order valence-corrected chi connectivity index (χ0v) is 15.7. The summed E-state index contributed by atoms with van der Waals surface area (Å²) in [6.45, 7) is 3.38. The second-order valence-electron chi connectivity index (χ2n) is 5.80. The van der Waals surface area contributed by atoms with Crippen LogP contribution in [0.15, 0.2) is 29.3 Å². The maximum Gasteiger partial charge on any atom is 0.193 e. The first-order chi connectivity index (χ1) is 10.7. The maximum absolute atomic E-state index is 5.95. The molecule has 23 heavy (non-hydrogen) atoms. The zero-order chi connectivity index (χ0) is 15.4. The molecule has 1 aliphatic heterocycles. The maximum atomic E-state index is 5.95. The van der Waals surface area contributed by atoms with Gasteiger partial charge < -0.3 is 20.5 Å². The number of aliphatic imine (C=N–C) groups is 1. The number of ether oxygens (including phenoxy) is 2. The fourth-order valence-corrected chi connectivity index (χ4v) is 2.71. The van der Waals surface area contributed by atoms with Crippen LogP contribution in [0, 0.1) is 0 Å². The summed E-state index contributed by atoms with van der Waals surface area (Å²) in [6, 6.07) is 8.39. The van der Waals surface area contributed by atoms with Crippen molar-refractivity contribution in [1.82, 2.24) is 4.90 Å². The lowest BCUT2D eigenvalue weighted by molar-refractivity contribution is -0.0258. The van der Waals surface area contributed by atoms with E-state index in [4.69, 9.17) is 15.2 Å². The molecule has 0 bridgehead atoms. The van der Waals surface area contributed by atoms with Crippen molar-refractivity contribution in [2.45, 2.75) is 25.0 Å². The summed E-state index contributed by atoms with van der Waals surface area (Å²) >= 11 is 0. The van der Waals surface area contributed by atoms with Gasteiger partial charge in [-0.25, -0.2) is 0 Å². The van der Waals surface area contributed by atoms with Crippen molar-refractivity contribution in [3.05, 3.63) is 24.3 Å². The van der Waals surface area contributed by atoms with Crippen LogP contribution in [0.5, 0.6) is 5.75 Å². The average molecular weight is 432 g/mol. The molecule has 2 fully saturated rings. The molecule has 1 saturated carbocycles. The molecule has 128 valence electrons. The molecule has 0 amide bonds. The second kappa shape index (κ2) is 8.70. The summed E-state index contributed by atoms with van der Waals surface area (Å²) in [5, 5.41) is 3.08. The third-order valence-corrected chi connectivity index (χ3v) is 4.04. The lowest BCUT2D eigenvalue weighted by Gasteiger charge is -2.32. The molecular weight excluding hydrogens is 407 g/mol. The van der Waals surface area contributed by atoms with E-state index < -0.39 is 0 Å². The Balaban J connectivity index is 0.00000192. The van der Waals surface area contributed by atoms with Gasteiger partial charge >= 0.3 is 0 Å². The molecule has 1 aromatic carbocycles. The second-order valence-corrected chi connectivity index (χ2v) is 5.80. The Morgan fingerprint density at radius 2 is 2.30 bits per heavy atom. The van der Waals surface area contributed by atoms with Gasteiger partial charge in [-0.15, -0.1) is 24.0 Å². The number of rotatable bonds is 5. The van der Waals surface area contributed by atoms with Crippen LogP contribution in [0.25, 0.3) is 0 Å². The molecule has 3 N–H and O–H groups in total. The predicted molar refractivity (Wildman–Crippen MR) is 103 cm³/mol. The minimum atomic E-state index is 0. The molecule has 6 nitrogen and oxygen atoms in total. The largest absolute Gasteiger partial charge is 0.497 e. The van der Waals surface area contributed by atoms with Crippen LogP contribution in [0.3, 0.4) is 0 Å². The summed E-state index contributed by atoms with van der Waals surface area (Å²) in [6.07, 6.45) is 2.80. The van der Waals surface area contributed by atoms with Gasteiger partial charge in [0.05, 0.1) is 26.4 Å². The fraction of sp³-hybridized carbons (Fsp3) is 0.562. The Hall–Kier alpha value is -1.06. The highest BCUT2D eigenvalue weighted by Gasteiger charge is 2.32. The molecule has 1 atom stereocenters. The first-order valence-corrected chi connectivity index (χ1v) is 7.81. The van der Waals surface area contributed by atoms with Gasteiger partial charge in [-0.3, -0.25) is 9.89 Å². The molecule has 1 aliphatic carbocycles. The number of nitrogens with zero attached hydrogens (tertiary/aromatic N) is 2. The van der Waals surface area contributed by atoms with Crippen LogP contribution in [-0.2, 0) is 4.74 Å². The Bertz CT molecular complexity index is 537. The van der Waals surface area contributed by atoms with Crippen molar-refractivity contribution in [2.24, 2.45) is 10.7 Å². The highest BCUT2D eigenvalue weighted by molar-refractivity contribution is 14.0. The van der Waals surface area contributed by atoms with Gasteiger partial charge in [0.2, 0.25) is 0 Å². The summed E-state index contributed by atoms with van der Waals surface area (Å²) in [4.78, 5) is 6.91. The number of halogens is 1. The monoisotopic (exact) mass is 432 g/mol. The Morgan fingerprint density at radius 3 is 3.04 bits per heavy atom. The molecule has 2 aliphatic rings. The first-order valence-electron chi connectivity index (χ1n) is 7.81. The minimum Gasteiger partial charge on any atom is -0.497 e. The third-order valence-electron chi connectivity index (χ3n) is 4.04. The van der Waals surface area contributed by atoms with E-state index in [0.717, 1.165) is 37.2 Å². The highest BCUT2D eigenvalue weighted by Crippen LogP contribution is 2.28. The molecule has 1 aromatic rings. The van der Waals surface area contributed by atoms with Crippen LogP contribution in [0.1, 0.15) is 12.8 Å². The van der Waals surface area contributed by atoms with Gasteiger partial charge in [-0.05, 0) is 25.0 Å². The first kappa shape index (κ1) is 18.3. The number of guanidine groups is 1. The smallest absolute Gasteiger partial charge is 0.193 e. The van der Waals surface area contributed by atoms with Crippen LogP contribution >= 0.6 is 24.0 Å². The molecule has 3 rings (SSSR count). The van der Waals surface area contributed by atoms with Gasteiger partial charge in [0.15, 0.2) is 5.96 Å². The fourth-order valence-electron chi connectivity index (χ4n) is 2.71. The quantitative estimate of drug-likeness (QED) is 0.423. The molecule has 0 spiro atoms. The number of nitrogens with two attached hydrogens (primary N) is 1. The van der Waals surface area contributed by atoms with Crippen molar-refractivity contribution in [3.8, 4) is 5.75 Å². The van der Waals surface area contributed by atoms with Gasteiger partial charge in [0.25, 0.3) is 0 Å². The summed E-state index contributed by atoms with van der Waals surface area (Å²) < 4.78 is 11.0. The highest BCUT2D eigenvalue weighted by atomic mass is 127. The Morgan fingerprint density at radius 1 is 1.48 bits per heavy atom. The summed E-state index contributed by atoms with van der Waals surface area (Å²) in [7, 11) is 1.64. The van der Waals surface area contributed by atoms with E-state index in [9.17, 15) is 0 Å². The normalized spacial score (nSPS) is 22.3. The van der Waals surface area contributed by atoms with E-state index in [-0.39, 0.29) is 30.1 Å². The van der Waals surface area contributed by atoms with E-state index in [1.54, 1.807) is 7.11 Å². The van der Waals surface area contributed by atoms with E-state index in [1.807, 2.05) is 24.3 Å². The number of nitrogens with one attached hydrogen (secondary N) is 1. The van der Waals surface area contributed by atoms with Gasteiger partial charge in [-0.2, -0.15) is 0 Å². The van der Waals surface area contributed by atoms with Crippen molar-refractivity contribution < 1.29 is 9.47 Å². The van der Waals surface area contributed by atoms with Crippen LogP contribution in [-0.4, -0.2) is 56.4 Å². The average Bonchev–Trinajstić information content (AvgIpc) is 3.38. The molecule has 1 heterocycles. The van der Waals surface area contributed by atoms with Crippen molar-refractivity contribution in [3.63, 3.8) is 0 Å². The van der Waals surface area contributed by atoms with Gasteiger partial charge in [0, 0.05) is 30.9 Å². The van der Waals surface area contributed by atoms with Gasteiger partial charge in [0.1, 0.15) is 5.75 Å². The molecule has 1 saturated heterocycles.